The average Bonchev–Trinajstić information content (AvgIpc) is 2.57. The zero-order chi connectivity index (χ0) is 10.3. The zero-order valence-electron chi connectivity index (χ0n) is 9.93. The van der Waals surface area contributed by atoms with Crippen molar-refractivity contribution in [2.24, 2.45) is 0 Å². The Morgan fingerprint density at radius 3 is 2.59 bits per heavy atom. The Kier molecular flexibility index (Phi) is 5.19. The molecule has 0 atom stereocenters. The number of nitrogens with one attached hydrogen (secondary N) is 1. The number of hydrogen-bond donors (Lipinski definition) is 1. The second-order valence-electron chi connectivity index (χ2n) is 4.32. The molecule has 1 N–H and O–H groups in total. The first-order chi connectivity index (χ1) is 7.38. The SMILES string of the molecule is CCc1nnc2n1CCN(C1CNC1)C2.Cl.Cl. The molecule has 0 aromatic carbocycles. The number of aryl methyl sites for hydroxylation is 1. The van der Waals surface area contributed by atoms with Crippen LogP contribution in [-0.4, -0.2) is 45.3 Å². The van der Waals surface area contributed by atoms with Gasteiger partial charge in [-0.05, 0) is 0 Å². The molecule has 98 valence electrons. The van der Waals surface area contributed by atoms with Crippen molar-refractivity contribution in [3.63, 3.8) is 0 Å². The summed E-state index contributed by atoms with van der Waals surface area (Å²) >= 11 is 0. The molecule has 0 spiro atoms. The van der Waals surface area contributed by atoms with Crippen molar-refractivity contribution in [2.45, 2.75) is 32.5 Å². The highest BCUT2D eigenvalue weighted by Gasteiger charge is 2.29. The van der Waals surface area contributed by atoms with Crippen molar-refractivity contribution in [3.8, 4) is 0 Å². The van der Waals surface area contributed by atoms with Crippen LogP contribution in [0.1, 0.15) is 18.6 Å². The molecular weight excluding hydrogens is 261 g/mol. The van der Waals surface area contributed by atoms with E-state index in [1.54, 1.807) is 0 Å². The Balaban J connectivity index is 0.000000722. The molecule has 1 aromatic heterocycles. The monoisotopic (exact) mass is 279 g/mol. The van der Waals surface area contributed by atoms with Crippen LogP contribution in [0.3, 0.4) is 0 Å². The van der Waals surface area contributed by atoms with E-state index in [1.807, 2.05) is 0 Å². The molecule has 2 aliphatic rings. The average molecular weight is 280 g/mol. The number of hydrogen-bond acceptors (Lipinski definition) is 4. The number of nitrogens with zero attached hydrogens (tertiary/aromatic N) is 4. The van der Waals surface area contributed by atoms with Crippen LogP contribution in [0.5, 0.6) is 0 Å². The van der Waals surface area contributed by atoms with Gasteiger partial charge in [0.05, 0.1) is 6.54 Å². The van der Waals surface area contributed by atoms with Gasteiger partial charge < -0.3 is 9.88 Å². The van der Waals surface area contributed by atoms with Crippen LogP contribution in [0.2, 0.25) is 0 Å². The summed E-state index contributed by atoms with van der Waals surface area (Å²) in [6.45, 7) is 7.58. The summed E-state index contributed by atoms with van der Waals surface area (Å²) in [5, 5.41) is 11.8. The maximum atomic E-state index is 4.27. The van der Waals surface area contributed by atoms with Crippen LogP contribution in [0.15, 0.2) is 0 Å². The van der Waals surface area contributed by atoms with Gasteiger partial charge in [0, 0.05) is 38.6 Å². The van der Waals surface area contributed by atoms with Crippen LogP contribution < -0.4 is 5.32 Å². The third-order valence-corrected chi connectivity index (χ3v) is 3.45. The molecule has 1 saturated heterocycles. The second kappa shape index (κ2) is 6.00. The first kappa shape index (κ1) is 14.7. The fraction of sp³-hybridized carbons (Fsp3) is 0.800. The van der Waals surface area contributed by atoms with E-state index in [0.29, 0.717) is 0 Å². The van der Waals surface area contributed by atoms with Crippen molar-refractivity contribution >= 4 is 24.8 Å². The Bertz CT molecular complexity index is 364. The minimum atomic E-state index is 0. The smallest absolute Gasteiger partial charge is 0.147 e. The van der Waals surface area contributed by atoms with Gasteiger partial charge in [0.2, 0.25) is 0 Å². The van der Waals surface area contributed by atoms with E-state index in [4.69, 9.17) is 0 Å². The Morgan fingerprint density at radius 1 is 1.24 bits per heavy atom. The van der Waals surface area contributed by atoms with E-state index < -0.39 is 0 Å². The van der Waals surface area contributed by atoms with Gasteiger partial charge in [0.25, 0.3) is 0 Å². The molecule has 0 unspecified atom stereocenters. The van der Waals surface area contributed by atoms with Gasteiger partial charge >= 0.3 is 0 Å². The summed E-state index contributed by atoms with van der Waals surface area (Å²) < 4.78 is 2.28. The quantitative estimate of drug-likeness (QED) is 0.855. The Labute approximate surface area is 114 Å². The van der Waals surface area contributed by atoms with Crippen LogP contribution >= 0.6 is 24.8 Å². The first-order valence-electron chi connectivity index (χ1n) is 5.74. The van der Waals surface area contributed by atoms with Crippen molar-refractivity contribution in [1.82, 2.24) is 25.0 Å². The summed E-state index contributed by atoms with van der Waals surface area (Å²) in [7, 11) is 0. The molecule has 1 fully saturated rings. The lowest BCUT2D eigenvalue weighted by molar-refractivity contribution is 0.111. The van der Waals surface area contributed by atoms with Gasteiger partial charge in [-0.3, -0.25) is 4.90 Å². The van der Waals surface area contributed by atoms with Gasteiger partial charge in [0.15, 0.2) is 0 Å². The normalized spacial score (nSPS) is 19.8. The topological polar surface area (TPSA) is 46.0 Å². The lowest BCUT2D eigenvalue weighted by atomic mass is 10.1. The minimum absolute atomic E-state index is 0. The molecule has 0 radical (unpaired) electrons. The number of aromatic nitrogens is 3. The van der Waals surface area contributed by atoms with E-state index in [0.717, 1.165) is 56.8 Å². The molecule has 17 heavy (non-hydrogen) atoms. The molecule has 0 bridgehead atoms. The maximum Gasteiger partial charge on any atom is 0.147 e. The predicted molar refractivity (Wildman–Crippen MR) is 71.0 cm³/mol. The van der Waals surface area contributed by atoms with Gasteiger partial charge in [0.1, 0.15) is 11.6 Å². The number of rotatable bonds is 2. The molecule has 5 nitrogen and oxygen atoms in total. The van der Waals surface area contributed by atoms with Crippen molar-refractivity contribution in [1.29, 1.82) is 0 Å². The summed E-state index contributed by atoms with van der Waals surface area (Å²) in [5.74, 6) is 2.28. The summed E-state index contributed by atoms with van der Waals surface area (Å²) in [5.41, 5.74) is 0. The van der Waals surface area contributed by atoms with Crippen LogP contribution in [0.25, 0.3) is 0 Å². The van der Waals surface area contributed by atoms with Gasteiger partial charge in [-0.2, -0.15) is 0 Å². The third kappa shape index (κ3) is 2.57. The molecule has 2 aliphatic heterocycles. The van der Waals surface area contributed by atoms with Gasteiger partial charge in [-0.25, -0.2) is 0 Å². The lowest BCUT2D eigenvalue weighted by Crippen LogP contribution is -2.58. The third-order valence-electron chi connectivity index (χ3n) is 3.45. The van der Waals surface area contributed by atoms with Crippen LogP contribution in [0, 0.1) is 0 Å². The molecule has 3 rings (SSSR count). The lowest BCUT2D eigenvalue weighted by Gasteiger charge is -2.40. The highest BCUT2D eigenvalue weighted by molar-refractivity contribution is 5.85. The highest BCUT2D eigenvalue weighted by atomic mass is 35.5. The van der Waals surface area contributed by atoms with Crippen LogP contribution in [0.4, 0.5) is 0 Å². The summed E-state index contributed by atoms with van der Waals surface area (Å²) in [6, 6.07) is 0.723. The number of fused-ring (bicyclic) bond motifs is 1. The largest absolute Gasteiger partial charge is 0.314 e. The Morgan fingerprint density at radius 2 is 2.00 bits per heavy atom. The standard InChI is InChI=1S/C10H17N5.2ClH/c1-2-9-12-13-10-7-14(3-4-15(9)10)8-5-11-6-8;;/h8,11H,2-7H2,1H3;2*1H. The first-order valence-corrected chi connectivity index (χ1v) is 5.74. The highest BCUT2D eigenvalue weighted by Crippen LogP contribution is 2.16. The van der Waals surface area contributed by atoms with Gasteiger partial charge in [-0.15, -0.1) is 35.0 Å². The zero-order valence-corrected chi connectivity index (χ0v) is 11.6. The molecular formula is C10H19Cl2N5. The molecule has 7 heteroatoms. The van der Waals surface area contributed by atoms with E-state index in [9.17, 15) is 0 Å². The van der Waals surface area contributed by atoms with Crippen LogP contribution in [-0.2, 0) is 19.5 Å². The van der Waals surface area contributed by atoms with E-state index in [-0.39, 0.29) is 24.8 Å². The van der Waals surface area contributed by atoms with Crippen molar-refractivity contribution in [2.75, 3.05) is 19.6 Å². The van der Waals surface area contributed by atoms with E-state index in [2.05, 4.69) is 31.9 Å². The molecule has 0 amide bonds. The predicted octanol–water partition coefficient (Wildman–Crippen LogP) is 0.471. The van der Waals surface area contributed by atoms with Gasteiger partial charge in [-0.1, -0.05) is 6.92 Å². The summed E-state index contributed by atoms with van der Waals surface area (Å²) in [6.07, 6.45) is 0.984. The molecule has 0 aliphatic carbocycles. The van der Waals surface area contributed by atoms with Crippen molar-refractivity contribution < 1.29 is 0 Å². The molecule has 0 saturated carbocycles. The fourth-order valence-corrected chi connectivity index (χ4v) is 2.34. The maximum absolute atomic E-state index is 4.27. The van der Waals surface area contributed by atoms with E-state index >= 15 is 0 Å². The van der Waals surface area contributed by atoms with E-state index in [1.165, 1.54) is 0 Å². The van der Waals surface area contributed by atoms with Crippen molar-refractivity contribution in [3.05, 3.63) is 11.6 Å². The Hall–Kier alpha value is -0.360. The molecule has 3 heterocycles. The second-order valence-corrected chi connectivity index (χ2v) is 4.32. The number of halogens is 2. The minimum Gasteiger partial charge on any atom is -0.314 e. The molecule has 1 aromatic rings. The fourth-order valence-electron chi connectivity index (χ4n) is 2.34. The summed E-state index contributed by atoms with van der Waals surface area (Å²) in [4.78, 5) is 2.51.